The van der Waals surface area contributed by atoms with Crippen LogP contribution in [0.3, 0.4) is 0 Å². The van der Waals surface area contributed by atoms with Gasteiger partial charge in [-0.3, -0.25) is 14.7 Å². The molecule has 2 aliphatic rings. The van der Waals surface area contributed by atoms with Gasteiger partial charge < -0.3 is 19.6 Å². The third-order valence-corrected chi connectivity index (χ3v) is 5.51. The van der Waals surface area contributed by atoms with Crippen molar-refractivity contribution < 1.29 is 19.4 Å². The predicted octanol–water partition coefficient (Wildman–Crippen LogP) is 0.642. The van der Waals surface area contributed by atoms with Gasteiger partial charge in [-0.1, -0.05) is 0 Å². The highest BCUT2D eigenvalue weighted by Crippen LogP contribution is 2.28. The molecule has 9 heteroatoms. The molecule has 2 fully saturated rings. The van der Waals surface area contributed by atoms with E-state index in [1.807, 2.05) is 0 Å². The molecule has 2 N–H and O–H groups in total. The lowest BCUT2D eigenvalue weighted by atomic mass is 10.1. The van der Waals surface area contributed by atoms with E-state index in [9.17, 15) is 14.7 Å². The molecule has 4 rings (SSSR count). The van der Waals surface area contributed by atoms with E-state index in [0.717, 1.165) is 0 Å². The van der Waals surface area contributed by atoms with Gasteiger partial charge in [0.15, 0.2) is 5.69 Å². The summed E-state index contributed by atoms with van der Waals surface area (Å²) in [6.45, 7) is 2.17. The number of carbonyl (C=O) groups is 2. The number of phenolic OH excluding ortho intramolecular Hbond substituents is 1. The van der Waals surface area contributed by atoms with Gasteiger partial charge in [0.1, 0.15) is 11.8 Å². The third-order valence-electron chi connectivity index (χ3n) is 4.50. The smallest absolute Gasteiger partial charge is 0.276 e. The van der Waals surface area contributed by atoms with Gasteiger partial charge >= 0.3 is 0 Å². The average molecular weight is 362 g/mol. The van der Waals surface area contributed by atoms with Crippen molar-refractivity contribution in [1.29, 1.82) is 0 Å². The topological polar surface area (TPSA) is 98.8 Å². The number of nitrogens with zero attached hydrogens (tertiary/aromatic N) is 3. The molecule has 0 aliphatic carbocycles. The van der Waals surface area contributed by atoms with E-state index >= 15 is 0 Å². The standard InChI is InChI=1S/C16H18N4O4S/c21-10-1-2-12-11(7-10)14(18-17-12)16(23)20-9-25-8-13(20)15(22)19-3-5-24-6-4-19/h1-2,7,13,21H,3-6,8-9H2,(H,17,18). The first-order chi connectivity index (χ1) is 12.1. The van der Waals surface area contributed by atoms with Crippen LogP contribution in [-0.4, -0.2) is 80.9 Å². The van der Waals surface area contributed by atoms with Crippen LogP contribution in [0.2, 0.25) is 0 Å². The summed E-state index contributed by atoms with van der Waals surface area (Å²) in [7, 11) is 0. The Morgan fingerprint density at radius 1 is 1.32 bits per heavy atom. The monoisotopic (exact) mass is 362 g/mol. The molecule has 132 valence electrons. The van der Waals surface area contributed by atoms with Crippen molar-refractivity contribution in [3.63, 3.8) is 0 Å². The zero-order valence-corrected chi connectivity index (χ0v) is 14.3. The van der Waals surface area contributed by atoms with Crippen LogP contribution in [0.15, 0.2) is 18.2 Å². The number of aromatic amines is 1. The van der Waals surface area contributed by atoms with Gasteiger partial charge in [0.25, 0.3) is 5.91 Å². The number of aromatic nitrogens is 2. The number of phenols is 1. The van der Waals surface area contributed by atoms with Gasteiger partial charge in [-0.2, -0.15) is 5.10 Å². The van der Waals surface area contributed by atoms with Crippen molar-refractivity contribution in [3.8, 4) is 5.75 Å². The Hall–Kier alpha value is -2.26. The van der Waals surface area contributed by atoms with Crippen molar-refractivity contribution in [1.82, 2.24) is 20.0 Å². The molecule has 0 bridgehead atoms. The van der Waals surface area contributed by atoms with Gasteiger partial charge in [-0.25, -0.2) is 0 Å². The molecule has 0 radical (unpaired) electrons. The number of aromatic hydroxyl groups is 1. The number of fused-ring (bicyclic) bond motifs is 1. The lowest BCUT2D eigenvalue weighted by molar-refractivity contribution is -0.138. The summed E-state index contributed by atoms with van der Waals surface area (Å²) in [5.41, 5.74) is 0.900. The number of thioether (sulfide) groups is 1. The number of hydrogen-bond donors (Lipinski definition) is 2. The van der Waals surface area contributed by atoms with Crippen LogP contribution >= 0.6 is 11.8 Å². The van der Waals surface area contributed by atoms with Crippen LogP contribution in [0, 0.1) is 0 Å². The maximum atomic E-state index is 13.0. The molecule has 8 nitrogen and oxygen atoms in total. The van der Waals surface area contributed by atoms with E-state index < -0.39 is 6.04 Å². The second-order valence-corrected chi connectivity index (χ2v) is 7.03. The van der Waals surface area contributed by atoms with Gasteiger partial charge in [0, 0.05) is 24.2 Å². The number of rotatable bonds is 2. The predicted molar refractivity (Wildman–Crippen MR) is 92.4 cm³/mol. The summed E-state index contributed by atoms with van der Waals surface area (Å²) < 4.78 is 5.29. The number of ether oxygens (including phenoxy) is 1. The molecule has 2 saturated heterocycles. The molecule has 2 aliphatic heterocycles. The van der Waals surface area contributed by atoms with Crippen LogP contribution < -0.4 is 0 Å². The molecule has 0 saturated carbocycles. The third kappa shape index (κ3) is 2.93. The van der Waals surface area contributed by atoms with Crippen molar-refractivity contribution >= 4 is 34.5 Å². The Balaban J connectivity index is 1.59. The SMILES string of the molecule is O=C(C1CSCN1C(=O)c1n[nH]c2ccc(O)cc12)N1CCOCC1. The molecule has 1 aromatic heterocycles. The van der Waals surface area contributed by atoms with E-state index in [1.54, 1.807) is 27.6 Å². The highest BCUT2D eigenvalue weighted by atomic mass is 32.2. The summed E-state index contributed by atoms with van der Waals surface area (Å²) in [6.07, 6.45) is 0. The fourth-order valence-electron chi connectivity index (χ4n) is 3.14. The first-order valence-electron chi connectivity index (χ1n) is 8.07. The molecule has 0 spiro atoms. The van der Waals surface area contributed by atoms with Crippen LogP contribution in [0.5, 0.6) is 5.75 Å². The quantitative estimate of drug-likeness (QED) is 0.814. The van der Waals surface area contributed by atoms with E-state index in [4.69, 9.17) is 4.74 Å². The second-order valence-electron chi connectivity index (χ2n) is 6.03. The van der Waals surface area contributed by atoms with Crippen molar-refractivity contribution in [2.24, 2.45) is 0 Å². The maximum Gasteiger partial charge on any atom is 0.276 e. The van der Waals surface area contributed by atoms with Crippen molar-refractivity contribution in [3.05, 3.63) is 23.9 Å². The summed E-state index contributed by atoms with van der Waals surface area (Å²) in [6, 6.07) is 4.22. The second kappa shape index (κ2) is 6.57. The van der Waals surface area contributed by atoms with Crippen LogP contribution in [0.4, 0.5) is 0 Å². The fourth-order valence-corrected chi connectivity index (χ4v) is 4.29. The number of morpholine rings is 1. The van der Waals surface area contributed by atoms with Gasteiger partial charge in [0.2, 0.25) is 5.91 Å². The van der Waals surface area contributed by atoms with E-state index in [-0.39, 0.29) is 23.3 Å². The molecule has 1 unspecified atom stereocenters. The lowest BCUT2D eigenvalue weighted by Crippen LogP contribution is -2.52. The number of amides is 2. The minimum absolute atomic E-state index is 0.0376. The minimum atomic E-state index is -0.486. The Labute approximate surface area is 148 Å². The lowest BCUT2D eigenvalue weighted by Gasteiger charge is -2.31. The van der Waals surface area contributed by atoms with Crippen LogP contribution in [0.25, 0.3) is 10.9 Å². The largest absolute Gasteiger partial charge is 0.508 e. The Morgan fingerprint density at radius 2 is 2.12 bits per heavy atom. The zero-order valence-electron chi connectivity index (χ0n) is 13.5. The van der Waals surface area contributed by atoms with Crippen LogP contribution in [-0.2, 0) is 9.53 Å². The molecule has 1 aromatic carbocycles. The zero-order chi connectivity index (χ0) is 17.4. The van der Waals surface area contributed by atoms with Crippen molar-refractivity contribution in [2.75, 3.05) is 37.9 Å². The van der Waals surface area contributed by atoms with E-state index in [1.165, 1.54) is 12.1 Å². The molecule has 1 atom stereocenters. The molecule has 2 aromatic rings. The highest BCUT2D eigenvalue weighted by Gasteiger charge is 2.38. The van der Waals surface area contributed by atoms with Gasteiger partial charge in [0.05, 0.1) is 24.6 Å². The van der Waals surface area contributed by atoms with E-state index in [0.29, 0.717) is 48.8 Å². The Morgan fingerprint density at radius 3 is 2.92 bits per heavy atom. The molecule has 25 heavy (non-hydrogen) atoms. The summed E-state index contributed by atoms with van der Waals surface area (Å²) in [5.74, 6) is 0.764. The number of hydrogen-bond acceptors (Lipinski definition) is 6. The van der Waals surface area contributed by atoms with Crippen molar-refractivity contribution in [2.45, 2.75) is 6.04 Å². The number of benzene rings is 1. The highest BCUT2D eigenvalue weighted by molar-refractivity contribution is 7.99. The minimum Gasteiger partial charge on any atom is -0.508 e. The number of nitrogens with one attached hydrogen (secondary N) is 1. The van der Waals surface area contributed by atoms with Crippen LogP contribution in [0.1, 0.15) is 10.5 Å². The Kier molecular flexibility index (Phi) is 4.26. The number of H-pyrrole nitrogens is 1. The normalized spacial score (nSPS) is 21.0. The summed E-state index contributed by atoms with van der Waals surface area (Å²) >= 11 is 1.56. The molecular formula is C16H18N4O4S. The van der Waals surface area contributed by atoms with Gasteiger partial charge in [-0.15, -0.1) is 11.8 Å². The number of carbonyl (C=O) groups excluding carboxylic acids is 2. The summed E-state index contributed by atoms with van der Waals surface area (Å²) in [4.78, 5) is 29.1. The first-order valence-corrected chi connectivity index (χ1v) is 9.23. The fraction of sp³-hybridized carbons (Fsp3) is 0.438. The Bertz CT molecular complexity index is 818. The maximum absolute atomic E-state index is 13.0. The van der Waals surface area contributed by atoms with Gasteiger partial charge in [-0.05, 0) is 18.2 Å². The average Bonchev–Trinajstić information content (AvgIpc) is 3.28. The molecule has 3 heterocycles. The molecular weight excluding hydrogens is 344 g/mol. The van der Waals surface area contributed by atoms with E-state index in [2.05, 4.69) is 10.2 Å². The molecule has 2 amide bonds. The first kappa shape index (κ1) is 16.2. The summed E-state index contributed by atoms with van der Waals surface area (Å²) in [5, 5.41) is 17.1.